The van der Waals surface area contributed by atoms with Crippen molar-refractivity contribution in [2.45, 2.75) is 6.92 Å². The van der Waals surface area contributed by atoms with Gasteiger partial charge in [-0.1, -0.05) is 48.5 Å². The number of anilines is 1. The minimum atomic E-state index is 0.268. The van der Waals surface area contributed by atoms with Crippen molar-refractivity contribution in [1.29, 1.82) is 0 Å². The Morgan fingerprint density at radius 2 is 1.25 bits per heavy atom. The van der Waals surface area contributed by atoms with E-state index in [4.69, 9.17) is 5.73 Å². The second-order valence-corrected chi connectivity index (χ2v) is 5.38. The van der Waals surface area contributed by atoms with E-state index < -0.39 is 0 Å². The van der Waals surface area contributed by atoms with Gasteiger partial charge in [-0.05, 0) is 60.0 Å². The van der Waals surface area contributed by atoms with Gasteiger partial charge >= 0.3 is 0 Å². The van der Waals surface area contributed by atoms with Gasteiger partial charge in [0.15, 0.2) is 0 Å². The Hall–Kier alpha value is -3.20. The SMILES string of the molecule is CC(=Cc1ccc(O)cc1)c1ccc(O)cc1.Nc1ccccc1. The Kier molecular flexibility index (Phi) is 6.03. The van der Waals surface area contributed by atoms with Gasteiger partial charge in [0.2, 0.25) is 0 Å². The standard InChI is InChI=1S/C15H14O2.C6H7N/c1-11(13-4-8-15(17)9-5-13)10-12-2-6-14(16)7-3-12;7-6-4-2-1-3-5-6/h2-10,16-17H,1H3;1-5H,7H2. The predicted octanol–water partition coefficient (Wildman–Crippen LogP) is 4.93. The number of para-hydroxylation sites is 1. The first kappa shape index (κ1) is 17.2. The summed E-state index contributed by atoms with van der Waals surface area (Å²) < 4.78 is 0. The summed E-state index contributed by atoms with van der Waals surface area (Å²) >= 11 is 0. The molecule has 0 fully saturated rings. The van der Waals surface area contributed by atoms with E-state index in [2.05, 4.69) is 0 Å². The van der Waals surface area contributed by atoms with Gasteiger partial charge in [-0.15, -0.1) is 0 Å². The largest absolute Gasteiger partial charge is 0.508 e. The predicted molar refractivity (Wildman–Crippen MR) is 101 cm³/mol. The van der Waals surface area contributed by atoms with E-state index in [0.29, 0.717) is 0 Å². The fourth-order valence-corrected chi connectivity index (χ4v) is 2.08. The molecule has 0 aromatic heterocycles. The van der Waals surface area contributed by atoms with E-state index in [1.165, 1.54) is 0 Å². The number of hydrogen-bond donors (Lipinski definition) is 3. The second kappa shape index (κ2) is 8.44. The molecule has 0 atom stereocenters. The normalized spacial score (nSPS) is 10.6. The first-order chi connectivity index (χ1) is 11.5. The average molecular weight is 319 g/mol. The lowest BCUT2D eigenvalue weighted by Gasteiger charge is -2.02. The minimum Gasteiger partial charge on any atom is -0.508 e. The maximum absolute atomic E-state index is 9.21. The van der Waals surface area contributed by atoms with E-state index in [1.54, 1.807) is 24.3 Å². The topological polar surface area (TPSA) is 66.5 Å². The van der Waals surface area contributed by atoms with Crippen molar-refractivity contribution in [3.05, 3.63) is 90.0 Å². The first-order valence-electron chi connectivity index (χ1n) is 7.62. The van der Waals surface area contributed by atoms with Crippen molar-refractivity contribution in [2.24, 2.45) is 0 Å². The summed E-state index contributed by atoms with van der Waals surface area (Å²) in [7, 11) is 0. The van der Waals surface area contributed by atoms with Crippen LogP contribution < -0.4 is 5.73 Å². The van der Waals surface area contributed by atoms with Crippen molar-refractivity contribution >= 4 is 17.3 Å². The highest BCUT2D eigenvalue weighted by atomic mass is 16.3. The van der Waals surface area contributed by atoms with Crippen LogP contribution >= 0.6 is 0 Å². The fraction of sp³-hybridized carbons (Fsp3) is 0.0476. The zero-order valence-corrected chi connectivity index (χ0v) is 13.6. The lowest BCUT2D eigenvalue weighted by atomic mass is 10.0. The molecule has 0 aliphatic heterocycles. The van der Waals surface area contributed by atoms with E-state index in [0.717, 1.165) is 22.4 Å². The van der Waals surface area contributed by atoms with Crippen LogP contribution in [0.25, 0.3) is 11.6 Å². The van der Waals surface area contributed by atoms with Gasteiger partial charge in [-0.3, -0.25) is 0 Å². The summed E-state index contributed by atoms with van der Waals surface area (Å²) in [6, 6.07) is 23.6. The van der Waals surface area contributed by atoms with Crippen LogP contribution in [0.1, 0.15) is 18.1 Å². The Morgan fingerprint density at radius 1 is 0.750 bits per heavy atom. The van der Waals surface area contributed by atoms with Crippen LogP contribution in [0.3, 0.4) is 0 Å². The molecule has 3 aromatic carbocycles. The lowest BCUT2D eigenvalue weighted by molar-refractivity contribution is 0.474. The minimum absolute atomic E-state index is 0.268. The van der Waals surface area contributed by atoms with Crippen LogP contribution in [-0.2, 0) is 0 Å². The fourth-order valence-electron chi connectivity index (χ4n) is 2.08. The highest BCUT2D eigenvalue weighted by molar-refractivity contribution is 5.80. The Bertz CT molecular complexity index is 776. The highest BCUT2D eigenvalue weighted by Gasteiger charge is 1.97. The number of phenols is 2. The molecule has 0 saturated carbocycles. The van der Waals surface area contributed by atoms with Crippen LogP contribution in [0.4, 0.5) is 5.69 Å². The summed E-state index contributed by atoms with van der Waals surface area (Å²) in [6.45, 7) is 2.01. The molecule has 0 aliphatic carbocycles. The molecule has 0 bridgehead atoms. The third-order valence-electron chi connectivity index (χ3n) is 3.40. The molecular formula is C21H21NO2. The Balaban J connectivity index is 0.000000249. The summed E-state index contributed by atoms with van der Waals surface area (Å²) in [5.74, 6) is 0.538. The number of aromatic hydroxyl groups is 2. The number of phenolic OH excluding ortho intramolecular Hbond substituents is 2. The van der Waals surface area contributed by atoms with Gasteiger partial charge in [0.1, 0.15) is 11.5 Å². The van der Waals surface area contributed by atoms with E-state index in [-0.39, 0.29) is 11.5 Å². The monoisotopic (exact) mass is 319 g/mol. The molecule has 0 aliphatic rings. The van der Waals surface area contributed by atoms with E-state index >= 15 is 0 Å². The Labute approximate surface area is 142 Å². The number of rotatable bonds is 2. The molecule has 3 nitrogen and oxygen atoms in total. The number of benzene rings is 3. The molecule has 3 aromatic rings. The number of allylic oxidation sites excluding steroid dienone is 1. The maximum Gasteiger partial charge on any atom is 0.115 e. The van der Waals surface area contributed by atoms with Crippen molar-refractivity contribution < 1.29 is 10.2 Å². The molecule has 0 amide bonds. The van der Waals surface area contributed by atoms with Crippen LogP contribution in [0.2, 0.25) is 0 Å². The zero-order chi connectivity index (χ0) is 17.4. The molecule has 3 heteroatoms. The lowest BCUT2D eigenvalue weighted by Crippen LogP contribution is -1.79. The molecule has 122 valence electrons. The van der Waals surface area contributed by atoms with E-state index in [9.17, 15) is 10.2 Å². The third kappa shape index (κ3) is 5.54. The van der Waals surface area contributed by atoms with Crippen molar-refractivity contribution in [3.63, 3.8) is 0 Å². The molecule has 3 rings (SSSR count). The summed E-state index contributed by atoms with van der Waals surface area (Å²) in [5.41, 5.74) is 9.39. The molecule has 0 heterocycles. The molecule has 24 heavy (non-hydrogen) atoms. The van der Waals surface area contributed by atoms with Crippen LogP contribution in [0.5, 0.6) is 11.5 Å². The first-order valence-corrected chi connectivity index (χ1v) is 7.62. The van der Waals surface area contributed by atoms with Crippen molar-refractivity contribution in [1.82, 2.24) is 0 Å². The smallest absolute Gasteiger partial charge is 0.115 e. The summed E-state index contributed by atoms with van der Waals surface area (Å²) in [6.07, 6.45) is 2.03. The third-order valence-corrected chi connectivity index (χ3v) is 3.40. The quantitative estimate of drug-likeness (QED) is 0.463. The Morgan fingerprint density at radius 3 is 1.71 bits per heavy atom. The van der Waals surface area contributed by atoms with Crippen LogP contribution in [0, 0.1) is 0 Å². The number of hydrogen-bond acceptors (Lipinski definition) is 3. The van der Waals surface area contributed by atoms with Gasteiger partial charge in [0.05, 0.1) is 0 Å². The van der Waals surface area contributed by atoms with E-state index in [1.807, 2.05) is 67.6 Å². The second-order valence-electron chi connectivity index (χ2n) is 5.38. The molecule has 0 saturated heterocycles. The molecule has 0 radical (unpaired) electrons. The molecule has 4 N–H and O–H groups in total. The maximum atomic E-state index is 9.21. The van der Waals surface area contributed by atoms with Crippen molar-refractivity contribution in [3.8, 4) is 11.5 Å². The molecule has 0 spiro atoms. The highest BCUT2D eigenvalue weighted by Crippen LogP contribution is 2.21. The van der Waals surface area contributed by atoms with Gasteiger partial charge < -0.3 is 15.9 Å². The van der Waals surface area contributed by atoms with Gasteiger partial charge in [-0.25, -0.2) is 0 Å². The number of nitrogen functional groups attached to an aromatic ring is 1. The summed E-state index contributed by atoms with van der Waals surface area (Å²) in [5, 5.41) is 18.4. The average Bonchev–Trinajstić information content (AvgIpc) is 2.59. The van der Waals surface area contributed by atoms with Crippen LogP contribution in [0.15, 0.2) is 78.9 Å². The molecular weight excluding hydrogens is 298 g/mol. The van der Waals surface area contributed by atoms with Gasteiger partial charge in [0, 0.05) is 5.69 Å². The van der Waals surface area contributed by atoms with Crippen LogP contribution in [-0.4, -0.2) is 10.2 Å². The van der Waals surface area contributed by atoms with Gasteiger partial charge in [-0.2, -0.15) is 0 Å². The zero-order valence-electron chi connectivity index (χ0n) is 13.6. The molecule has 0 unspecified atom stereocenters. The summed E-state index contributed by atoms with van der Waals surface area (Å²) in [4.78, 5) is 0. The number of nitrogens with two attached hydrogens (primary N) is 1. The van der Waals surface area contributed by atoms with Crippen molar-refractivity contribution in [2.75, 3.05) is 5.73 Å². The van der Waals surface area contributed by atoms with Gasteiger partial charge in [0.25, 0.3) is 0 Å².